The van der Waals surface area contributed by atoms with Gasteiger partial charge in [-0.2, -0.15) is 26.3 Å². The van der Waals surface area contributed by atoms with E-state index in [0.29, 0.717) is 5.39 Å². The maximum atomic E-state index is 13.3. The summed E-state index contributed by atoms with van der Waals surface area (Å²) in [6, 6.07) is 6.13. The third-order valence-corrected chi connectivity index (χ3v) is 3.80. The van der Waals surface area contributed by atoms with Crippen molar-refractivity contribution in [2.24, 2.45) is 0 Å². The summed E-state index contributed by atoms with van der Waals surface area (Å²) in [4.78, 5) is 2.32. The van der Waals surface area contributed by atoms with Gasteiger partial charge in [0.1, 0.15) is 0 Å². The quantitative estimate of drug-likeness (QED) is 0.715. The zero-order chi connectivity index (χ0) is 15.5. The normalized spacial score (nSPS) is 18.8. The lowest BCUT2D eigenvalue weighted by atomic mass is 9.85. The molecule has 114 valence electrons. The third-order valence-electron chi connectivity index (χ3n) is 3.80. The minimum Gasteiger partial charge on any atom is -0.356 e. The molecule has 0 saturated carbocycles. The second-order valence-electron chi connectivity index (χ2n) is 4.95. The highest BCUT2D eigenvalue weighted by Crippen LogP contribution is 2.52. The summed E-state index contributed by atoms with van der Waals surface area (Å²) in [5.41, 5.74) is -4.56. The molecule has 2 aromatic rings. The van der Waals surface area contributed by atoms with Crippen molar-refractivity contribution < 1.29 is 26.3 Å². The van der Waals surface area contributed by atoms with Crippen molar-refractivity contribution in [2.75, 3.05) is 6.54 Å². The minimum atomic E-state index is -5.50. The van der Waals surface area contributed by atoms with E-state index in [1.807, 2.05) is 0 Å². The first-order valence-corrected chi connectivity index (χ1v) is 6.17. The van der Waals surface area contributed by atoms with Gasteiger partial charge in [0.15, 0.2) is 0 Å². The van der Waals surface area contributed by atoms with Crippen molar-refractivity contribution in [3.05, 3.63) is 35.5 Å². The van der Waals surface area contributed by atoms with Crippen LogP contribution >= 0.6 is 0 Å². The molecule has 0 radical (unpaired) electrons. The number of rotatable bonds is 0. The summed E-state index contributed by atoms with van der Waals surface area (Å²) in [5, 5.41) is 2.04. The van der Waals surface area contributed by atoms with Crippen LogP contribution in [0.15, 0.2) is 24.3 Å². The first kappa shape index (κ1) is 14.2. The Morgan fingerprint density at radius 3 is 2.19 bits per heavy atom. The predicted octanol–water partition coefficient (Wildman–Crippen LogP) is 3.63. The van der Waals surface area contributed by atoms with E-state index in [1.54, 1.807) is 17.4 Å². The lowest BCUT2D eigenvalue weighted by Gasteiger charge is -2.40. The van der Waals surface area contributed by atoms with Crippen LogP contribution in [0.4, 0.5) is 26.3 Å². The third kappa shape index (κ3) is 1.78. The molecular formula is C13H10F6N2. The highest BCUT2D eigenvalue weighted by atomic mass is 19.4. The van der Waals surface area contributed by atoms with E-state index in [0.717, 1.165) is 0 Å². The second kappa shape index (κ2) is 4.16. The SMILES string of the molecule is FC(F)(F)C1(C(F)(F)F)NCCc2c1[nH]c1ccccc21. The fourth-order valence-corrected chi connectivity index (χ4v) is 2.89. The molecular weight excluding hydrogens is 298 g/mol. The average molecular weight is 308 g/mol. The molecule has 0 atom stereocenters. The van der Waals surface area contributed by atoms with Crippen molar-refractivity contribution >= 4 is 10.9 Å². The van der Waals surface area contributed by atoms with E-state index in [2.05, 4.69) is 4.98 Å². The Morgan fingerprint density at radius 2 is 1.57 bits per heavy atom. The number of aromatic nitrogens is 1. The standard InChI is InChI=1S/C13H10F6N2/c14-12(15,16)11(13(17,18)19)10-8(5-6-20-11)7-3-1-2-4-9(7)21-10/h1-4,20-21H,5-6H2. The van der Waals surface area contributed by atoms with Crippen molar-refractivity contribution in [1.82, 2.24) is 10.3 Å². The summed E-state index contributed by atoms with van der Waals surface area (Å²) in [6.45, 7) is -0.395. The van der Waals surface area contributed by atoms with Crippen molar-refractivity contribution in [3.63, 3.8) is 0 Å². The molecule has 1 aromatic heterocycles. The van der Waals surface area contributed by atoms with Crippen molar-refractivity contribution in [3.8, 4) is 0 Å². The van der Waals surface area contributed by atoms with Crippen LogP contribution in [-0.4, -0.2) is 23.9 Å². The Hall–Kier alpha value is -1.70. The van der Waals surface area contributed by atoms with E-state index in [4.69, 9.17) is 0 Å². The van der Waals surface area contributed by atoms with Gasteiger partial charge in [-0.05, 0) is 18.1 Å². The molecule has 2 nitrogen and oxygen atoms in total. The maximum absolute atomic E-state index is 13.3. The highest BCUT2D eigenvalue weighted by molar-refractivity contribution is 5.85. The number of fused-ring (bicyclic) bond motifs is 3. The molecule has 0 bridgehead atoms. The molecule has 8 heteroatoms. The van der Waals surface area contributed by atoms with Crippen molar-refractivity contribution in [2.45, 2.75) is 24.3 Å². The minimum absolute atomic E-state index is 0.0685. The van der Waals surface area contributed by atoms with Gasteiger partial charge in [0.25, 0.3) is 5.54 Å². The van der Waals surface area contributed by atoms with Gasteiger partial charge in [-0.15, -0.1) is 0 Å². The van der Waals surface area contributed by atoms with Gasteiger partial charge in [-0.1, -0.05) is 18.2 Å². The topological polar surface area (TPSA) is 27.8 Å². The maximum Gasteiger partial charge on any atom is 0.421 e. The van der Waals surface area contributed by atoms with E-state index < -0.39 is 30.1 Å². The average Bonchev–Trinajstić information content (AvgIpc) is 2.74. The molecule has 0 aliphatic carbocycles. The van der Waals surface area contributed by atoms with Gasteiger partial charge in [-0.25, -0.2) is 0 Å². The van der Waals surface area contributed by atoms with E-state index in [1.165, 1.54) is 12.1 Å². The molecule has 21 heavy (non-hydrogen) atoms. The van der Waals surface area contributed by atoms with E-state index >= 15 is 0 Å². The summed E-state index contributed by atoms with van der Waals surface area (Å²) in [5.74, 6) is 0. The molecule has 3 rings (SSSR count). The van der Waals surface area contributed by atoms with Gasteiger partial charge in [0, 0.05) is 17.4 Å². The number of hydrogen-bond acceptors (Lipinski definition) is 1. The van der Waals surface area contributed by atoms with Crippen LogP contribution in [0, 0.1) is 0 Å². The lowest BCUT2D eigenvalue weighted by Crippen LogP contribution is -2.65. The van der Waals surface area contributed by atoms with Crippen LogP contribution in [0.5, 0.6) is 0 Å². The van der Waals surface area contributed by atoms with Gasteiger partial charge in [0.05, 0.1) is 5.69 Å². The Bertz CT molecular complexity index is 668. The van der Waals surface area contributed by atoms with Crippen LogP contribution < -0.4 is 5.32 Å². The second-order valence-corrected chi connectivity index (χ2v) is 4.95. The van der Waals surface area contributed by atoms with Gasteiger partial charge < -0.3 is 4.98 Å². The monoisotopic (exact) mass is 308 g/mol. The van der Waals surface area contributed by atoms with E-state index in [-0.39, 0.29) is 17.5 Å². The Labute approximate surface area is 115 Å². The summed E-state index contributed by atoms with van der Waals surface area (Å²) in [6.07, 6.45) is -10.9. The fourth-order valence-electron chi connectivity index (χ4n) is 2.89. The molecule has 0 fully saturated rings. The molecule has 0 saturated heterocycles. The smallest absolute Gasteiger partial charge is 0.356 e. The molecule has 2 N–H and O–H groups in total. The Balaban J connectivity index is 2.37. The van der Waals surface area contributed by atoms with Crippen LogP contribution in [0.2, 0.25) is 0 Å². The van der Waals surface area contributed by atoms with E-state index in [9.17, 15) is 26.3 Å². The van der Waals surface area contributed by atoms with Crippen molar-refractivity contribution in [1.29, 1.82) is 0 Å². The summed E-state index contributed by atoms with van der Waals surface area (Å²) < 4.78 is 79.8. The number of nitrogens with one attached hydrogen (secondary N) is 2. The first-order valence-electron chi connectivity index (χ1n) is 6.17. The van der Waals surface area contributed by atoms with Crippen LogP contribution in [0.25, 0.3) is 10.9 Å². The zero-order valence-electron chi connectivity index (χ0n) is 10.5. The van der Waals surface area contributed by atoms with Crippen LogP contribution in [0.3, 0.4) is 0 Å². The molecule has 0 unspecified atom stereocenters. The zero-order valence-corrected chi connectivity index (χ0v) is 10.5. The molecule has 0 amide bonds. The number of aromatic amines is 1. The molecule has 1 aliphatic heterocycles. The highest BCUT2D eigenvalue weighted by Gasteiger charge is 2.73. The summed E-state index contributed by atoms with van der Waals surface area (Å²) >= 11 is 0. The number of para-hydroxylation sites is 1. The number of halogens is 6. The fraction of sp³-hybridized carbons (Fsp3) is 0.385. The van der Waals surface area contributed by atoms with Gasteiger partial charge in [0.2, 0.25) is 0 Å². The Kier molecular flexibility index (Phi) is 2.82. The lowest BCUT2D eigenvalue weighted by molar-refractivity contribution is -0.316. The van der Waals surface area contributed by atoms with Gasteiger partial charge in [-0.3, -0.25) is 5.32 Å². The first-order chi connectivity index (χ1) is 9.68. The summed E-state index contributed by atoms with van der Waals surface area (Å²) in [7, 11) is 0. The predicted molar refractivity (Wildman–Crippen MR) is 63.8 cm³/mol. The molecule has 1 aromatic carbocycles. The van der Waals surface area contributed by atoms with Gasteiger partial charge >= 0.3 is 12.4 Å². The molecule has 1 aliphatic rings. The molecule has 2 heterocycles. The number of H-pyrrole nitrogens is 1. The number of hydrogen-bond donors (Lipinski definition) is 2. The van der Waals surface area contributed by atoms with Crippen LogP contribution in [0.1, 0.15) is 11.3 Å². The number of alkyl halides is 6. The Morgan fingerprint density at radius 1 is 0.952 bits per heavy atom. The largest absolute Gasteiger partial charge is 0.421 e. The van der Waals surface area contributed by atoms with Crippen LogP contribution in [-0.2, 0) is 12.0 Å². The number of benzene rings is 1. The molecule has 0 spiro atoms.